The van der Waals surface area contributed by atoms with Crippen molar-refractivity contribution in [2.24, 2.45) is 0 Å². The molecule has 46 heavy (non-hydrogen) atoms. The van der Waals surface area contributed by atoms with Crippen molar-refractivity contribution in [3.05, 3.63) is 53.6 Å². The van der Waals surface area contributed by atoms with Crippen LogP contribution in [0.5, 0.6) is 17.2 Å². The van der Waals surface area contributed by atoms with Crippen molar-refractivity contribution in [1.82, 2.24) is 10.2 Å². The lowest BCUT2D eigenvalue weighted by Gasteiger charge is -2.29. The zero-order chi connectivity index (χ0) is 33.1. The van der Waals surface area contributed by atoms with E-state index in [1.807, 2.05) is 0 Å². The van der Waals surface area contributed by atoms with E-state index in [1.54, 1.807) is 42.5 Å². The SMILES string of the molecule is O=C(CCc1ccc(OCCC(=O)N[C@H](CN2CCCC2)[C@H](O)c2ccc3c(c2)OCCO3)cc1)CO[C@@H](C(=O)O)[C@@H](O)C(=O)O. The first kappa shape index (κ1) is 34.6. The van der Waals surface area contributed by atoms with Crippen LogP contribution in [0, 0.1) is 0 Å². The minimum atomic E-state index is -2.29. The number of aliphatic carboxylic acids is 2. The van der Waals surface area contributed by atoms with Crippen molar-refractivity contribution in [3.63, 3.8) is 0 Å². The van der Waals surface area contributed by atoms with Gasteiger partial charge >= 0.3 is 11.9 Å². The molecule has 2 aromatic carbocycles. The minimum Gasteiger partial charge on any atom is -0.493 e. The summed E-state index contributed by atoms with van der Waals surface area (Å²) in [6.45, 7) is 2.66. The molecule has 2 aliphatic heterocycles. The number of ketones is 1. The highest BCUT2D eigenvalue weighted by Crippen LogP contribution is 2.33. The fourth-order valence-electron chi connectivity index (χ4n) is 5.20. The Kier molecular flexibility index (Phi) is 12.7. The van der Waals surface area contributed by atoms with E-state index in [1.165, 1.54) is 0 Å². The summed E-state index contributed by atoms with van der Waals surface area (Å²) < 4.78 is 21.8. The quantitative estimate of drug-likeness (QED) is 0.154. The molecule has 0 bridgehead atoms. The van der Waals surface area contributed by atoms with Gasteiger partial charge in [0.15, 0.2) is 29.5 Å². The molecule has 4 rings (SSSR count). The number of carboxylic acids is 2. The van der Waals surface area contributed by atoms with Gasteiger partial charge in [0.1, 0.15) is 31.7 Å². The fraction of sp³-hybridized carbons (Fsp3) is 0.500. The number of benzene rings is 2. The molecule has 2 aromatic rings. The van der Waals surface area contributed by atoms with Crippen LogP contribution in [-0.2, 0) is 30.3 Å². The van der Waals surface area contributed by atoms with Crippen LogP contribution in [0.25, 0.3) is 0 Å². The van der Waals surface area contributed by atoms with Gasteiger partial charge in [0.05, 0.1) is 19.1 Å². The average Bonchev–Trinajstić information content (AvgIpc) is 3.56. The largest absolute Gasteiger partial charge is 0.493 e. The topological polar surface area (TPSA) is 201 Å². The Bertz CT molecular complexity index is 1350. The van der Waals surface area contributed by atoms with E-state index in [9.17, 15) is 29.4 Å². The number of carbonyl (C=O) groups is 4. The number of rotatable bonds is 18. The average molecular weight is 645 g/mol. The number of carboxylic acid groups (broad SMARTS) is 2. The molecule has 250 valence electrons. The number of ether oxygens (including phenoxy) is 4. The van der Waals surface area contributed by atoms with E-state index in [4.69, 9.17) is 29.2 Å². The van der Waals surface area contributed by atoms with Gasteiger partial charge in [-0.3, -0.25) is 9.59 Å². The number of nitrogens with zero attached hydrogens (tertiary/aromatic N) is 1. The number of aliphatic hydroxyl groups is 2. The first-order valence-electron chi connectivity index (χ1n) is 15.2. The first-order chi connectivity index (χ1) is 22.1. The van der Waals surface area contributed by atoms with E-state index < -0.39 is 48.7 Å². The normalized spacial score (nSPS) is 17.0. The molecule has 0 unspecified atom stereocenters. The predicted molar refractivity (Wildman–Crippen MR) is 161 cm³/mol. The van der Waals surface area contributed by atoms with Gasteiger partial charge in [-0.05, 0) is 67.7 Å². The van der Waals surface area contributed by atoms with Crippen LogP contribution in [0.2, 0.25) is 0 Å². The van der Waals surface area contributed by atoms with Crippen LogP contribution in [-0.4, -0.2) is 113 Å². The second-order valence-corrected chi connectivity index (χ2v) is 11.2. The molecular formula is C32H40N2O12. The molecule has 1 saturated heterocycles. The number of likely N-dealkylation sites (tertiary alicyclic amines) is 1. The number of amides is 1. The molecule has 5 N–H and O–H groups in total. The highest BCUT2D eigenvalue weighted by atomic mass is 16.6. The third-order valence-corrected chi connectivity index (χ3v) is 7.71. The second-order valence-electron chi connectivity index (χ2n) is 11.2. The van der Waals surface area contributed by atoms with Crippen LogP contribution < -0.4 is 19.5 Å². The third kappa shape index (κ3) is 10.1. The van der Waals surface area contributed by atoms with Crippen LogP contribution >= 0.6 is 0 Å². The summed E-state index contributed by atoms with van der Waals surface area (Å²) in [6.07, 6.45) is -2.77. The van der Waals surface area contributed by atoms with Gasteiger partial charge in [-0.2, -0.15) is 0 Å². The summed E-state index contributed by atoms with van der Waals surface area (Å²) in [4.78, 5) is 49.2. The number of hydrogen-bond acceptors (Lipinski definition) is 11. The molecule has 0 spiro atoms. The molecule has 2 aliphatic rings. The molecule has 1 fully saturated rings. The molecule has 14 heteroatoms. The molecule has 0 radical (unpaired) electrons. The fourth-order valence-corrected chi connectivity index (χ4v) is 5.20. The highest BCUT2D eigenvalue weighted by molar-refractivity contribution is 5.84. The number of aliphatic hydroxyl groups excluding tert-OH is 2. The number of Topliss-reactive ketones (excluding diaryl/α,β-unsaturated/α-hetero) is 1. The maximum absolute atomic E-state index is 12.9. The number of aryl methyl sites for hydroxylation is 1. The highest BCUT2D eigenvalue weighted by Gasteiger charge is 2.33. The summed E-state index contributed by atoms with van der Waals surface area (Å²) >= 11 is 0. The predicted octanol–water partition coefficient (Wildman–Crippen LogP) is 0.958. The Balaban J connectivity index is 1.22. The Morgan fingerprint density at radius 2 is 1.59 bits per heavy atom. The van der Waals surface area contributed by atoms with Gasteiger partial charge in [-0.25, -0.2) is 9.59 Å². The Morgan fingerprint density at radius 1 is 0.891 bits per heavy atom. The van der Waals surface area contributed by atoms with Crippen molar-refractivity contribution in [2.45, 2.75) is 56.5 Å². The van der Waals surface area contributed by atoms with Gasteiger partial charge in [0, 0.05) is 13.0 Å². The van der Waals surface area contributed by atoms with Crippen molar-refractivity contribution in [3.8, 4) is 17.2 Å². The van der Waals surface area contributed by atoms with Crippen LogP contribution in [0.1, 0.15) is 42.9 Å². The van der Waals surface area contributed by atoms with Gasteiger partial charge < -0.3 is 49.6 Å². The van der Waals surface area contributed by atoms with E-state index in [0.717, 1.165) is 31.5 Å². The molecular weight excluding hydrogens is 604 g/mol. The molecule has 2 heterocycles. The Labute approximate surface area is 265 Å². The zero-order valence-electron chi connectivity index (χ0n) is 25.3. The maximum Gasteiger partial charge on any atom is 0.336 e. The maximum atomic E-state index is 12.9. The second kappa shape index (κ2) is 16.9. The van der Waals surface area contributed by atoms with Crippen molar-refractivity contribution >= 4 is 23.6 Å². The zero-order valence-corrected chi connectivity index (χ0v) is 25.3. The van der Waals surface area contributed by atoms with Gasteiger partial charge in [0.25, 0.3) is 0 Å². The van der Waals surface area contributed by atoms with Crippen LogP contribution in [0.4, 0.5) is 0 Å². The summed E-state index contributed by atoms with van der Waals surface area (Å²) in [6, 6.07) is 11.6. The van der Waals surface area contributed by atoms with Gasteiger partial charge in [-0.1, -0.05) is 18.2 Å². The molecule has 0 aliphatic carbocycles. The van der Waals surface area contributed by atoms with Crippen molar-refractivity contribution < 1.29 is 58.6 Å². The third-order valence-electron chi connectivity index (χ3n) is 7.71. The summed E-state index contributed by atoms with van der Waals surface area (Å²) in [5.41, 5.74) is 1.41. The number of carbonyl (C=O) groups excluding carboxylic acids is 2. The summed E-state index contributed by atoms with van der Waals surface area (Å²) in [7, 11) is 0. The van der Waals surface area contributed by atoms with Crippen molar-refractivity contribution in [1.29, 1.82) is 0 Å². The van der Waals surface area contributed by atoms with Crippen LogP contribution in [0.15, 0.2) is 42.5 Å². The molecule has 0 aromatic heterocycles. The number of nitrogens with one attached hydrogen (secondary N) is 1. The summed E-state index contributed by atoms with van der Waals surface area (Å²) in [5.74, 6) is -2.47. The smallest absolute Gasteiger partial charge is 0.336 e. The number of fused-ring (bicyclic) bond motifs is 1. The van der Waals surface area contributed by atoms with E-state index in [-0.39, 0.29) is 25.4 Å². The molecule has 14 nitrogen and oxygen atoms in total. The van der Waals surface area contributed by atoms with E-state index in [0.29, 0.717) is 49.0 Å². The van der Waals surface area contributed by atoms with Crippen molar-refractivity contribution in [2.75, 3.05) is 46.1 Å². The van der Waals surface area contributed by atoms with Gasteiger partial charge in [-0.15, -0.1) is 0 Å². The summed E-state index contributed by atoms with van der Waals surface area (Å²) in [5, 5.41) is 41.4. The molecule has 4 atom stereocenters. The monoisotopic (exact) mass is 644 g/mol. The lowest BCUT2D eigenvalue weighted by Crippen LogP contribution is -2.47. The molecule has 1 amide bonds. The molecule has 0 saturated carbocycles. The lowest BCUT2D eigenvalue weighted by molar-refractivity contribution is -0.171. The van der Waals surface area contributed by atoms with E-state index in [2.05, 4.69) is 10.2 Å². The number of hydrogen-bond donors (Lipinski definition) is 5. The van der Waals surface area contributed by atoms with E-state index >= 15 is 0 Å². The first-order valence-corrected chi connectivity index (χ1v) is 15.2. The minimum absolute atomic E-state index is 0.00653. The standard InChI is InChI=1S/C32H40N2O12/c35-22(19-46-30(32(41)42)29(38)31(39)40)7-3-20-4-8-23(9-5-20)43-14-11-27(36)33-24(18-34-12-1-2-13-34)28(37)21-6-10-25-26(17-21)45-16-15-44-25/h4-6,8-10,17,24,28-30,37-38H,1-3,7,11-16,18-19H2,(H,33,36)(H,39,40)(H,41,42)/t24-,28-,29-,30-/m1/s1. The Morgan fingerprint density at radius 3 is 2.26 bits per heavy atom. The lowest BCUT2D eigenvalue weighted by atomic mass is 10.0. The van der Waals surface area contributed by atoms with Gasteiger partial charge in [0.2, 0.25) is 5.91 Å². The Hall–Kier alpha value is -4.24. The van der Waals surface area contributed by atoms with Crippen LogP contribution in [0.3, 0.4) is 0 Å².